The van der Waals surface area contributed by atoms with Crippen LogP contribution in [0.15, 0.2) is 48.5 Å². The molecule has 0 spiro atoms. The van der Waals surface area contributed by atoms with Gasteiger partial charge in [0.15, 0.2) is 5.78 Å². The minimum absolute atomic E-state index is 0.00855. The molecule has 0 saturated heterocycles. The highest BCUT2D eigenvalue weighted by Gasteiger charge is 2.11. The van der Waals surface area contributed by atoms with Crippen molar-refractivity contribution in [3.05, 3.63) is 69.8 Å². The van der Waals surface area contributed by atoms with Crippen molar-refractivity contribution in [2.24, 2.45) is 0 Å². The maximum atomic E-state index is 11.9. The molecule has 5 heteroatoms. The molecule has 0 saturated carbocycles. The third kappa shape index (κ3) is 3.89. The first-order chi connectivity index (χ1) is 10.1. The van der Waals surface area contributed by atoms with Crippen molar-refractivity contribution >= 4 is 11.5 Å². The summed E-state index contributed by atoms with van der Waals surface area (Å²) in [7, 11) is 0. The molecule has 0 N–H and O–H groups in total. The van der Waals surface area contributed by atoms with Crippen LogP contribution >= 0.6 is 0 Å². The molecule has 0 amide bonds. The van der Waals surface area contributed by atoms with Gasteiger partial charge in [-0.1, -0.05) is 30.3 Å². The van der Waals surface area contributed by atoms with E-state index in [1.807, 2.05) is 18.2 Å². The largest absolute Gasteiger partial charge is 0.493 e. The number of hydrogen-bond donors (Lipinski definition) is 0. The van der Waals surface area contributed by atoms with Crippen molar-refractivity contribution in [2.75, 3.05) is 6.61 Å². The molecule has 5 nitrogen and oxygen atoms in total. The number of ether oxygens (including phenoxy) is 1. The Hall–Kier alpha value is -2.69. The molecule has 2 rings (SSSR count). The molecule has 0 bridgehead atoms. The Morgan fingerprint density at radius 1 is 1.19 bits per heavy atom. The number of aryl methyl sites for hydroxylation is 1. The molecule has 0 aliphatic rings. The smallest absolute Gasteiger partial charge is 0.272 e. The lowest BCUT2D eigenvalue weighted by molar-refractivity contribution is -0.385. The monoisotopic (exact) mass is 285 g/mol. The average molecular weight is 285 g/mol. The summed E-state index contributed by atoms with van der Waals surface area (Å²) in [4.78, 5) is 22.2. The van der Waals surface area contributed by atoms with E-state index in [4.69, 9.17) is 4.74 Å². The molecular formula is C16H15NO4. The number of rotatable bonds is 6. The first-order valence-electron chi connectivity index (χ1n) is 6.54. The van der Waals surface area contributed by atoms with Gasteiger partial charge < -0.3 is 4.74 Å². The highest BCUT2D eigenvalue weighted by molar-refractivity contribution is 5.96. The SMILES string of the molecule is Cc1cc(OCCC(=O)c2ccccc2)ccc1[N+](=O)[O-]. The Kier molecular flexibility index (Phi) is 4.66. The lowest BCUT2D eigenvalue weighted by atomic mass is 10.1. The predicted octanol–water partition coefficient (Wildman–Crippen LogP) is 3.56. The van der Waals surface area contributed by atoms with Crippen molar-refractivity contribution < 1.29 is 14.5 Å². The zero-order valence-corrected chi connectivity index (χ0v) is 11.6. The van der Waals surface area contributed by atoms with Crippen LogP contribution in [0.3, 0.4) is 0 Å². The van der Waals surface area contributed by atoms with Gasteiger partial charge in [0.1, 0.15) is 5.75 Å². The van der Waals surface area contributed by atoms with Gasteiger partial charge in [-0.15, -0.1) is 0 Å². The number of Topliss-reactive ketones (excluding diaryl/α,β-unsaturated/α-hetero) is 1. The third-order valence-electron chi connectivity index (χ3n) is 3.06. The van der Waals surface area contributed by atoms with Gasteiger partial charge in [0.2, 0.25) is 0 Å². The van der Waals surface area contributed by atoms with E-state index in [9.17, 15) is 14.9 Å². The summed E-state index contributed by atoms with van der Waals surface area (Å²) < 4.78 is 5.47. The first kappa shape index (κ1) is 14.7. The van der Waals surface area contributed by atoms with Gasteiger partial charge >= 0.3 is 0 Å². The van der Waals surface area contributed by atoms with Gasteiger partial charge in [-0.25, -0.2) is 0 Å². The van der Waals surface area contributed by atoms with Gasteiger partial charge in [0, 0.05) is 23.6 Å². The van der Waals surface area contributed by atoms with Crippen LogP contribution in [0.2, 0.25) is 0 Å². The summed E-state index contributed by atoms with van der Waals surface area (Å²) in [6.45, 7) is 1.89. The summed E-state index contributed by atoms with van der Waals surface area (Å²) in [5.74, 6) is 0.535. The van der Waals surface area contributed by atoms with Crippen LogP contribution in [-0.4, -0.2) is 17.3 Å². The fraction of sp³-hybridized carbons (Fsp3) is 0.188. The summed E-state index contributed by atoms with van der Waals surface area (Å²) in [6, 6.07) is 13.6. The number of nitrogens with zero attached hydrogens (tertiary/aromatic N) is 1. The van der Waals surface area contributed by atoms with Crippen LogP contribution in [-0.2, 0) is 0 Å². The molecule has 0 radical (unpaired) electrons. The second kappa shape index (κ2) is 6.65. The van der Waals surface area contributed by atoms with Crippen molar-refractivity contribution in [3.8, 4) is 5.75 Å². The van der Waals surface area contributed by atoms with Crippen LogP contribution in [0.5, 0.6) is 5.75 Å². The molecule has 2 aromatic carbocycles. The van der Waals surface area contributed by atoms with E-state index < -0.39 is 4.92 Å². The Balaban J connectivity index is 1.91. The molecule has 0 heterocycles. The maximum absolute atomic E-state index is 11.9. The molecule has 21 heavy (non-hydrogen) atoms. The second-order valence-electron chi connectivity index (χ2n) is 4.59. The number of ketones is 1. The summed E-state index contributed by atoms with van der Waals surface area (Å²) >= 11 is 0. The van der Waals surface area contributed by atoms with Gasteiger partial charge in [-0.05, 0) is 19.1 Å². The fourth-order valence-electron chi connectivity index (χ4n) is 1.95. The van der Waals surface area contributed by atoms with Crippen LogP contribution in [0.1, 0.15) is 22.3 Å². The third-order valence-corrected chi connectivity index (χ3v) is 3.06. The number of nitro benzene ring substituents is 1. The molecule has 0 aliphatic heterocycles. The maximum Gasteiger partial charge on any atom is 0.272 e. The van der Waals surface area contributed by atoms with Crippen molar-refractivity contribution in [2.45, 2.75) is 13.3 Å². The van der Waals surface area contributed by atoms with Crippen LogP contribution in [0.4, 0.5) is 5.69 Å². The highest BCUT2D eigenvalue weighted by atomic mass is 16.6. The van der Waals surface area contributed by atoms with Crippen molar-refractivity contribution in [3.63, 3.8) is 0 Å². The molecule has 0 unspecified atom stereocenters. The Bertz CT molecular complexity index is 653. The molecule has 0 aliphatic carbocycles. The van der Waals surface area contributed by atoms with Crippen LogP contribution in [0, 0.1) is 17.0 Å². The number of nitro groups is 1. The highest BCUT2D eigenvalue weighted by Crippen LogP contribution is 2.23. The first-order valence-corrected chi connectivity index (χ1v) is 6.54. The van der Waals surface area contributed by atoms with E-state index in [1.54, 1.807) is 25.1 Å². The van der Waals surface area contributed by atoms with E-state index >= 15 is 0 Å². The normalized spacial score (nSPS) is 10.1. The zero-order chi connectivity index (χ0) is 15.2. The lowest BCUT2D eigenvalue weighted by Gasteiger charge is -2.07. The van der Waals surface area contributed by atoms with Gasteiger partial charge in [0.05, 0.1) is 11.5 Å². The average Bonchev–Trinajstić information content (AvgIpc) is 2.47. The molecular weight excluding hydrogens is 270 g/mol. The molecule has 108 valence electrons. The minimum atomic E-state index is -0.432. The van der Waals surface area contributed by atoms with Gasteiger partial charge in [-0.2, -0.15) is 0 Å². The Morgan fingerprint density at radius 3 is 2.52 bits per heavy atom. The van der Waals surface area contributed by atoms with E-state index in [2.05, 4.69) is 0 Å². The van der Waals surface area contributed by atoms with Gasteiger partial charge in [0.25, 0.3) is 5.69 Å². The molecule has 2 aromatic rings. The van der Waals surface area contributed by atoms with E-state index in [1.165, 1.54) is 12.1 Å². The second-order valence-corrected chi connectivity index (χ2v) is 4.59. The minimum Gasteiger partial charge on any atom is -0.493 e. The van der Waals surface area contributed by atoms with E-state index in [0.717, 1.165) is 0 Å². The van der Waals surface area contributed by atoms with Crippen LogP contribution < -0.4 is 4.74 Å². The van der Waals surface area contributed by atoms with E-state index in [-0.39, 0.29) is 24.5 Å². The fourth-order valence-corrected chi connectivity index (χ4v) is 1.95. The summed E-state index contributed by atoms with van der Waals surface area (Å²) in [6.07, 6.45) is 0.264. The number of hydrogen-bond acceptors (Lipinski definition) is 4. The predicted molar refractivity (Wildman–Crippen MR) is 78.7 cm³/mol. The Morgan fingerprint density at radius 2 is 1.90 bits per heavy atom. The molecule has 0 aromatic heterocycles. The van der Waals surface area contributed by atoms with Gasteiger partial charge in [-0.3, -0.25) is 14.9 Å². The van der Waals surface area contributed by atoms with E-state index in [0.29, 0.717) is 16.9 Å². The van der Waals surface area contributed by atoms with Crippen molar-refractivity contribution in [1.82, 2.24) is 0 Å². The van der Waals surface area contributed by atoms with Crippen molar-refractivity contribution in [1.29, 1.82) is 0 Å². The lowest BCUT2D eigenvalue weighted by Crippen LogP contribution is -2.06. The molecule has 0 atom stereocenters. The number of carbonyl (C=O) groups is 1. The quantitative estimate of drug-likeness (QED) is 0.462. The number of benzene rings is 2. The topological polar surface area (TPSA) is 69.4 Å². The zero-order valence-electron chi connectivity index (χ0n) is 11.6. The summed E-state index contributed by atoms with van der Waals surface area (Å²) in [5.41, 5.74) is 1.25. The Labute approximate surface area is 122 Å². The molecule has 0 fully saturated rings. The standard InChI is InChI=1S/C16H15NO4/c1-12-11-14(7-8-15(12)17(19)20)21-10-9-16(18)13-5-3-2-4-6-13/h2-8,11H,9-10H2,1H3. The number of carbonyl (C=O) groups excluding carboxylic acids is 1. The summed E-state index contributed by atoms with van der Waals surface area (Å²) in [5, 5.41) is 10.7. The van der Waals surface area contributed by atoms with Crippen LogP contribution in [0.25, 0.3) is 0 Å².